The van der Waals surface area contributed by atoms with Crippen LogP contribution in [0.3, 0.4) is 0 Å². The summed E-state index contributed by atoms with van der Waals surface area (Å²) in [5.41, 5.74) is 3.00. The molecule has 1 aromatic heterocycles. The van der Waals surface area contributed by atoms with Gasteiger partial charge in [-0.05, 0) is 43.5 Å². The second-order valence-electron chi connectivity index (χ2n) is 10.0. The normalized spacial score (nSPS) is 14.0. The molecule has 0 unspecified atom stereocenters. The maximum absolute atomic E-state index is 12.7. The Kier molecular flexibility index (Phi) is 6.25. The topological polar surface area (TPSA) is 64.4 Å². The number of imide groups is 1. The van der Waals surface area contributed by atoms with Crippen molar-refractivity contribution in [3.05, 3.63) is 132 Å². The molecule has 0 bridgehead atoms. The largest absolute Gasteiger partial charge is 0.443 e. The minimum absolute atomic E-state index is 0.111. The van der Waals surface area contributed by atoms with Crippen LogP contribution in [0.25, 0.3) is 5.57 Å². The summed E-state index contributed by atoms with van der Waals surface area (Å²) in [5.74, 6) is -0.403. The average molecular weight is 492 g/mol. The maximum Gasteiger partial charge on any atom is 0.417 e. The van der Waals surface area contributed by atoms with Gasteiger partial charge in [0.1, 0.15) is 11.1 Å². The average Bonchev–Trinajstić information content (AvgIpc) is 3.53. The maximum atomic E-state index is 12.7. The Hall–Kier alpha value is -4.45. The molecule has 0 aliphatic carbocycles. The van der Waals surface area contributed by atoms with E-state index in [0.29, 0.717) is 11.3 Å². The number of hydrogen-bond donors (Lipinski definition) is 0. The van der Waals surface area contributed by atoms with Crippen molar-refractivity contribution < 1.29 is 14.3 Å². The minimum Gasteiger partial charge on any atom is -0.443 e. The van der Waals surface area contributed by atoms with Gasteiger partial charge in [-0.25, -0.2) is 9.69 Å². The number of carbonyl (C=O) groups is 2. The van der Waals surface area contributed by atoms with Crippen molar-refractivity contribution in [3.8, 4) is 0 Å². The van der Waals surface area contributed by atoms with Gasteiger partial charge in [0.25, 0.3) is 5.91 Å². The van der Waals surface area contributed by atoms with Crippen LogP contribution in [-0.2, 0) is 15.1 Å². The standard InChI is InChI=1S/C31H29N3O3/c1-30(2,3)37-29(36)33-22-23(21-28(33)35)27-19-20-34(32-27)31(24-13-7-4-8-14-24,25-15-9-5-10-16-25)26-17-11-6-12-18-26/h4-21H,22H2,1-3H3. The molecule has 3 aromatic carbocycles. The van der Waals surface area contributed by atoms with E-state index < -0.39 is 23.1 Å². The molecule has 37 heavy (non-hydrogen) atoms. The van der Waals surface area contributed by atoms with Crippen molar-refractivity contribution in [2.45, 2.75) is 31.9 Å². The second kappa shape index (κ2) is 9.54. The SMILES string of the molecule is CC(C)(C)OC(=O)N1CC(c2ccn(C(c3ccccc3)(c3ccccc3)c3ccccc3)n2)=CC1=O. The zero-order valence-corrected chi connectivity index (χ0v) is 21.2. The molecule has 0 saturated carbocycles. The molecular formula is C31H29N3O3. The van der Waals surface area contributed by atoms with Crippen LogP contribution in [0.5, 0.6) is 0 Å². The zero-order chi connectivity index (χ0) is 26.0. The van der Waals surface area contributed by atoms with Gasteiger partial charge in [0.15, 0.2) is 0 Å². The molecule has 6 nitrogen and oxygen atoms in total. The van der Waals surface area contributed by atoms with Crippen molar-refractivity contribution in [1.82, 2.24) is 14.7 Å². The zero-order valence-electron chi connectivity index (χ0n) is 21.2. The molecule has 5 rings (SSSR count). The van der Waals surface area contributed by atoms with Crippen molar-refractivity contribution >= 4 is 17.6 Å². The predicted molar refractivity (Wildman–Crippen MR) is 143 cm³/mol. The molecule has 0 N–H and O–H groups in total. The first-order valence-corrected chi connectivity index (χ1v) is 12.3. The number of ether oxygens (including phenoxy) is 1. The fourth-order valence-corrected chi connectivity index (χ4v) is 4.76. The summed E-state index contributed by atoms with van der Waals surface area (Å²) in [5, 5.41) is 5.01. The third kappa shape index (κ3) is 4.58. The van der Waals surface area contributed by atoms with Gasteiger partial charge in [-0.15, -0.1) is 0 Å². The summed E-state index contributed by atoms with van der Waals surface area (Å²) in [6, 6.07) is 32.6. The Balaban J connectivity index is 1.61. The minimum atomic E-state index is -0.754. The first-order valence-electron chi connectivity index (χ1n) is 12.3. The van der Waals surface area contributed by atoms with Gasteiger partial charge in [-0.2, -0.15) is 5.10 Å². The van der Waals surface area contributed by atoms with Crippen LogP contribution < -0.4 is 0 Å². The van der Waals surface area contributed by atoms with Gasteiger partial charge in [0, 0.05) is 17.8 Å². The summed E-state index contributed by atoms with van der Waals surface area (Å²) in [6.07, 6.45) is 2.74. The van der Waals surface area contributed by atoms with Crippen LogP contribution in [0, 0.1) is 0 Å². The lowest BCUT2D eigenvalue weighted by Crippen LogP contribution is -2.38. The van der Waals surface area contributed by atoms with Crippen molar-refractivity contribution in [2.75, 3.05) is 6.54 Å². The van der Waals surface area contributed by atoms with E-state index in [1.54, 1.807) is 20.8 Å². The van der Waals surface area contributed by atoms with Crippen molar-refractivity contribution in [1.29, 1.82) is 0 Å². The molecule has 4 aromatic rings. The van der Waals surface area contributed by atoms with Crippen LogP contribution >= 0.6 is 0 Å². The molecule has 0 radical (unpaired) electrons. The Morgan fingerprint density at radius 1 is 0.784 bits per heavy atom. The summed E-state index contributed by atoms with van der Waals surface area (Å²) >= 11 is 0. The summed E-state index contributed by atoms with van der Waals surface area (Å²) in [4.78, 5) is 26.4. The van der Waals surface area contributed by atoms with Gasteiger partial charge in [-0.3, -0.25) is 9.48 Å². The van der Waals surface area contributed by atoms with Crippen LogP contribution in [0.2, 0.25) is 0 Å². The highest BCUT2D eigenvalue weighted by molar-refractivity contribution is 6.07. The molecule has 1 aliphatic rings. The Labute approximate surface area is 216 Å². The summed E-state index contributed by atoms with van der Waals surface area (Å²) in [6.45, 7) is 5.44. The quantitative estimate of drug-likeness (QED) is 0.327. The first-order chi connectivity index (χ1) is 17.8. The lowest BCUT2D eigenvalue weighted by atomic mass is 9.77. The van der Waals surface area contributed by atoms with E-state index in [1.807, 2.05) is 71.5 Å². The van der Waals surface area contributed by atoms with Gasteiger partial charge in [-0.1, -0.05) is 91.0 Å². The van der Waals surface area contributed by atoms with Gasteiger partial charge >= 0.3 is 6.09 Å². The number of hydrogen-bond acceptors (Lipinski definition) is 4. The molecule has 1 aliphatic heterocycles. The first kappa shape index (κ1) is 24.3. The molecule has 0 fully saturated rings. The second-order valence-corrected chi connectivity index (χ2v) is 10.0. The van der Waals surface area contributed by atoms with Crippen LogP contribution in [0.15, 0.2) is 109 Å². The summed E-state index contributed by atoms with van der Waals surface area (Å²) < 4.78 is 7.36. The molecule has 186 valence electrons. The fourth-order valence-electron chi connectivity index (χ4n) is 4.76. The molecule has 0 atom stereocenters. The van der Waals surface area contributed by atoms with Gasteiger partial charge in [0.05, 0.1) is 12.2 Å². The predicted octanol–water partition coefficient (Wildman–Crippen LogP) is 5.88. The highest BCUT2D eigenvalue weighted by Crippen LogP contribution is 2.40. The number of rotatable bonds is 5. The molecular weight excluding hydrogens is 462 g/mol. The van der Waals surface area contributed by atoms with Crippen LogP contribution in [-0.4, -0.2) is 38.8 Å². The summed E-state index contributed by atoms with van der Waals surface area (Å²) in [7, 11) is 0. The number of benzene rings is 3. The van der Waals surface area contributed by atoms with E-state index in [2.05, 4.69) is 36.4 Å². The van der Waals surface area contributed by atoms with Crippen molar-refractivity contribution in [2.24, 2.45) is 0 Å². The number of amides is 2. The van der Waals surface area contributed by atoms with E-state index in [1.165, 1.54) is 6.08 Å². The third-order valence-electron chi connectivity index (χ3n) is 6.34. The van der Waals surface area contributed by atoms with Gasteiger partial charge < -0.3 is 4.74 Å². The number of nitrogens with zero attached hydrogens (tertiary/aromatic N) is 3. The molecule has 2 amide bonds. The van der Waals surface area contributed by atoms with E-state index in [9.17, 15) is 9.59 Å². The smallest absolute Gasteiger partial charge is 0.417 e. The van der Waals surface area contributed by atoms with E-state index in [4.69, 9.17) is 9.84 Å². The Morgan fingerprint density at radius 3 is 1.73 bits per heavy atom. The van der Waals surface area contributed by atoms with Crippen LogP contribution in [0.4, 0.5) is 4.79 Å². The lowest BCUT2D eigenvalue weighted by molar-refractivity contribution is -0.123. The lowest BCUT2D eigenvalue weighted by Gasteiger charge is -2.36. The molecule has 6 heteroatoms. The molecule has 2 heterocycles. The number of carbonyl (C=O) groups excluding carboxylic acids is 2. The van der Waals surface area contributed by atoms with E-state index >= 15 is 0 Å². The highest BCUT2D eigenvalue weighted by Gasteiger charge is 2.40. The Bertz CT molecular complexity index is 1340. The Morgan fingerprint density at radius 2 is 1.27 bits per heavy atom. The fraction of sp³-hybridized carbons (Fsp3) is 0.194. The molecule has 0 spiro atoms. The third-order valence-corrected chi connectivity index (χ3v) is 6.34. The highest BCUT2D eigenvalue weighted by atomic mass is 16.6. The van der Waals surface area contributed by atoms with Crippen LogP contribution in [0.1, 0.15) is 43.2 Å². The molecule has 0 saturated heterocycles. The monoisotopic (exact) mass is 491 g/mol. The van der Waals surface area contributed by atoms with Crippen molar-refractivity contribution in [3.63, 3.8) is 0 Å². The number of aromatic nitrogens is 2. The van der Waals surface area contributed by atoms with E-state index in [0.717, 1.165) is 21.6 Å². The van der Waals surface area contributed by atoms with Gasteiger partial charge in [0.2, 0.25) is 0 Å². The van der Waals surface area contributed by atoms with E-state index in [-0.39, 0.29) is 6.54 Å².